The van der Waals surface area contributed by atoms with Crippen LogP contribution in [0.15, 0.2) is 48.5 Å². The lowest BCUT2D eigenvalue weighted by atomic mass is 10.1. The third kappa shape index (κ3) is 3.72. The third-order valence-electron chi connectivity index (χ3n) is 4.10. The number of nitrogens with one attached hydrogen (secondary N) is 1. The molecule has 7 heteroatoms. The highest BCUT2D eigenvalue weighted by atomic mass is 19.1. The topological polar surface area (TPSA) is 75.7 Å². The number of amides is 2. The van der Waals surface area contributed by atoms with Crippen LogP contribution in [0.1, 0.15) is 5.56 Å². The zero-order valence-corrected chi connectivity index (χ0v) is 14.1. The average molecular weight is 356 g/mol. The van der Waals surface area contributed by atoms with E-state index < -0.39 is 29.3 Å². The number of carbonyl (C=O) groups excluding carboxylic acids is 3. The molecule has 1 aliphatic rings. The number of Topliss-reactive ketones (excluding diaryl/α,β-unsaturated/α-hetero) is 1. The highest BCUT2D eigenvalue weighted by Crippen LogP contribution is 2.24. The minimum absolute atomic E-state index is 0.0961. The molecule has 1 saturated heterocycles. The van der Waals surface area contributed by atoms with Gasteiger partial charge in [-0.15, -0.1) is 0 Å². The van der Waals surface area contributed by atoms with Crippen LogP contribution in [-0.2, 0) is 20.9 Å². The van der Waals surface area contributed by atoms with E-state index in [1.54, 1.807) is 36.4 Å². The van der Waals surface area contributed by atoms with Crippen LogP contribution in [0.4, 0.5) is 4.39 Å². The zero-order chi connectivity index (χ0) is 18.7. The second-order valence-corrected chi connectivity index (χ2v) is 6.00. The SMILES string of the molecule is CN1CC(C(=O)NCc2ccc(Oc3ccccc3F)cc2)C(=O)C1=O. The van der Waals surface area contributed by atoms with E-state index >= 15 is 0 Å². The Morgan fingerprint density at radius 2 is 1.88 bits per heavy atom. The molecule has 1 N–H and O–H groups in total. The summed E-state index contributed by atoms with van der Waals surface area (Å²) in [5, 5.41) is 2.65. The van der Waals surface area contributed by atoms with Crippen molar-refractivity contribution in [2.45, 2.75) is 6.54 Å². The molecule has 1 unspecified atom stereocenters. The highest BCUT2D eigenvalue weighted by molar-refractivity contribution is 6.42. The van der Waals surface area contributed by atoms with Crippen molar-refractivity contribution < 1.29 is 23.5 Å². The van der Waals surface area contributed by atoms with Crippen LogP contribution >= 0.6 is 0 Å². The summed E-state index contributed by atoms with van der Waals surface area (Å²) in [6, 6.07) is 12.9. The number of ether oxygens (including phenoxy) is 1. The van der Waals surface area contributed by atoms with Crippen molar-refractivity contribution in [2.75, 3.05) is 13.6 Å². The number of carbonyl (C=O) groups is 3. The molecule has 1 fully saturated rings. The number of rotatable bonds is 5. The zero-order valence-electron chi connectivity index (χ0n) is 14.1. The van der Waals surface area contributed by atoms with E-state index in [1.807, 2.05) is 0 Å². The number of benzene rings is 2. The van der Waals surface area contributed by atoms with Crippen molar-refractivity contribution in [1.82, 2.24) is 10.2 Å². The van der Waals surface area contributed by atoms with Gasteiger partial charge in [0.15, 0.2) is 11.6 Å². The predicted octanol–water partition coefficient (Wildman–Crippen LogP) is 1.89. The van der Waals surface area contributed by atoms with Crippen LogP contribution in [0.3, 0.4) is 0 Å². The number of ketones is 1. The van der Waals surface area contributed by atoms with E-state index in [9.17, 15) is 18.8 Å². The third-order valence-corrected chi connectivity index (χ3v) is 4.10. The first-order valence-corrected chi connectivity index (χ1v) is 8.04. The second kappa shape index (κ2) is 7.35. The molecule has 1 aliphatic heterocycles. The van der Waals surface area contributed by atoms with Gasteiger partial charge in [-0.05, 0) is 29.8 Å². The minimum atomic E-state index is -0.962. The molecule has 0 aromatic heterocycles. The molecule has 0 bridgehead atoms. The molecule has 0 radical (unpaired) electrons. The first kappa shape index (κ1) is 17.6. The summed E-state index contributed by atoms with van der Waals surface area (Å²) >= 11 is 0. The molecule has 0 aliphatic carbocycles. The molecule has 2 aromatic carbocycles. The van der Waals surface area contributed by atoms with Crippen molar-refractivity contribution >= 4 is 17.6 Å². The predicted molar refractivity (Wildman–Crippen MR) is 90.9 cm³/mol. The van der Waals surface area contributed by atoms with Crippen molar-refractivity contribution in [3.05, 3.63) is 59.9 Å². The highest BCUT2D eigenvalue weighted by Gasteiger charge is 2.41. The van der Waals surface area contributed by atoms with Crippen LogP contribution in [0, 0.1) is 11.7 Å². The first-order chi connectivity index (χ1) is 12.5. The van der Waals surface area contributed by atoms with E-state index in [0.717, 1.165) is 5.56 Å². The summed E-state index contributed by atoms with van der Waals surface area (Å²) in [5.74, 6) is -2.62. The van der Waals surface area contributed by atoms with Crippen molar-refractivity contribution in [1.29, 1.82) is 0 Å². The Morgan fingerprint density at radius 3 is 2.50 bits per heavy atom. The van der Waals surface area contributed by atoms with Gasteiger partial charge in [0, 0.05) is 20.1 Å². The maximum absolute atomic E-state index is 13.6. The van der Waals surface area contributed by atoms with Gasteiger partial charge in [-0.2, -0.15) is 0 Å². The molecule has 2 aromatic rings. The molecular formula is C19H17FN2O4. The monoisotopic (exact) mass is 356 g/mol. The van der Waals surface area contributed by atoms with Crippen molar-refractivity contribution in [3.8, 4) is 11.5 Å². The molecule has 2 amide bonds. The van der Waals surface area contributed by atoms with Gasteiger partial charge in [0.05, 0.1) is 0 Å². The van der Waals surface area contributed by atoms with Crippen molar-refractivity contribution in [3.63, 3.8) is 0 Å². The van der Waals surface area contributed by atoms with E-state index in [-0.39, 0.29) is 18.8 Å². The van der Waals surface area contributed by atoms with Gasteiger partial charge in [-0.3, -0.25) is 14.4 Å². The Hall–Kier alpha value is -3.22. The quantitative estimate of drug-likeness (QED) is 0.656. The van der Waals surface area contributed by atoms with Gasteiger partial charge in [-0.1, -0.05) is 24.3 Å². The van der Waals surface area contributed by atoms with Crippen molar-refractivity contribution in [2.24, 2.45) is 5.92 Å². The van der Waals surface area contributed by atoms with Gasteiger partial charge < -0.3 is 15.0 Å². The summed E-state index contributed by atoms with van der Waals surface area (Å²) in [4.78, 5) is 36.5. The van der Waals surface area contributed by atoms with Crippen LogP contribution in [0.5, 0.6) is 11.5 Å². The number of hydrogen-bond acceptors (Lipinski definition) is 4. The Kier molecular flexibility index (Phi) is 4.97. The summed E-state index contributed by atoms with van der Waals surface area (Å²) in [5.41, 5.74) is 0.782. The van der Waals surface area contributed by atoms with E-state index in [4.69, 9.17) is 4.74 Å². The van der Waals surface area contributed by atoms with Gasteiger partial charge in [0.1, 0.15) is 11.7 Å². The maximum atomic E-state index is 13.6. The number of para-hydroxylation sites is 1. The summed E-state index contributed by atoms with van der Waals surface area (Å²) < 4.78 is 19.0. The second-order valence-electron chi connectivity index (χ2n) is 6.00. The first-order valence-electron chi connectivity index (χ1n) is 8.04. The number of likely N-dealkylation sites (N-methyl/N-ethyl adjacent to an activating group) is 1. The molecule has 26 heavy (non-hydrogen) atoms. The molecule has 1 heterocycles. The summed E-state index contributed by atoms with van der Waals surface area (Å²) in [6.07, 6.45) is 0. The Labute approximate surface area is 149 Å². The minimum Gasteiger partial charge on any atom is -0.454 e. The molecule has 0 spiro atoms. The van der Waals surface area contributed by atoms with Crippen LogP contribution in [0.2, 0.25) is 0 Å². The fourth-order valence-electron chi connectivity index (χ4n) is 2.62. The lowest BCUT2D eigenvalue weighted by Gasteiger charge is -2.11. The summed E-state index contributed by atoms with van der Waals surface area (Å²) in [7, 11) is 1.49. The average Bonchev–Trinajstić information content (AvgIpc) is 2.90. The largest absolute Gasteiger partial charge is 0.454 e. The molecule has 134 valence electrons. The number of likely N-dealkylation sites (tertiary alicyclic amines) is 1. The molecule has 6 nitrogen and oxygen atoms in total. The Balaban J connectivity index is 1.56. The number of nitrogens with zero attached hydrogens (tertiary/aromatic N) is 1. The summed E-state index contributed by atoms with van der Waals surface area (Å²) in [6.45, 7) is 0.305. The molecule has 0 saturated carbocycles. The fraction of sp³-hybridized carbons (Fsp3) is 0.211. The standard InChI is InChI=1S/C19H17FN2O4/c1-22-11-14(17(23)19(22)25)18(24)21-10-12-6-8-13(9-7-12)26-16-5-3-2-4-15(16)20/h2-9,14H,10-11H2,1H3,(H,21,24). The number of hydrogen-bond donors (Lipinski definition) is 1. The van der Waals surface area contributed by atoms with E-state index in [2.05, 4.69) is 5.32 Å². The molecule has 3 rings (SSSR count). The van der Waals surface area contributed by atoms with Gasteiger partial charge in [0.2, 0.25) is 11.7 Å². The van der Waals surface area contributed by atoms with E-state index in [0.29, 0.717) is 5.75 Å². The normalized spacial score (nSPS) is 16.7. The van der Waals surface area contributed by atoms with Crippen LogP contribution < -0.4 is 10.1 Å². The number of halogens is 1. The fourth-order valence-corrected chi connectivity index (χ4v) is 2.62. The lowest BCUT2D eigenvalue weighted by Crippen LogP contribution is -2.35. The van der Waals surface area contributed by atoms with Gasteiger partial charge in [0.25, 0.3) is 5.91 Å². The maximum Gasteiger partial charge on any atom is 0.290 e. The Morgan fingerprint density at radius 1 is 1.19 bits per heavy atom. The van der Waals surface area contributed by atoms with Gasteiger partial charge in [-0.25, -0.2) is 4.39 Å². The van der Waals surface area contributed by atoms with E-state index in [1.165, 1.54) is 24.1 Å². The smallest absolute Gasteiger partial charge is 0.290 e. The Bertz CT molecular complexity index is 851. The lowest BCUT2D eigenvalue weighted by molar-refractivity contribution is -0.142. The molecular weight excluding hydrogens is 339 g/mol. The van der Waals surface area contributed by atoms with Crippen LogP contribution in [-0.4, -0.2) is 36.1 Å². The van der Waals surface area contributed by atoms with Gasteiger partial charge >= 0.3 is 0 Å². The van der Waals surface area contributed by atoms with Crippen LogP contribution in [0.25, 0.3) is 0 Å². The molecule has 1 atom stereocenters.